The lowest BCUT2D eigenvalue weighted by atomic mass is 10.2. The minimum atomic E-state index is 0.799. The lowest BCUT2D eigenvalue weighted by Gasteiger charge is -1.98. The quantitative estimate of drug-likeness (QED) is 0.509. The summed E-state index contributed by atoms with van der Waals surface area (Å²) in [6, 6.07) is 0. The third-order valence-corrected chi connectivity index (χ3v) is 1.63. The molecule has 6 heavy (non-hydrogen) atoms. The van der Waals surface area contributed by atoms with Crippen molar-refractivity contribution in [3.63, 3.8) is 0 Å². The predicted octanol–water partition coefficient (Wildman–Crippen LogP) is 1.96. The smallest absolute Gasteiger partial charge is 0.00722 e. The van der Waals surface area contributed by atoms with Crippen molar-refractivity contribution in [3.05, 3.63) is 0 Å². The first-order chi connectivity index (χ1) is 2.81. The summed E-state index contributed by atoms with van der Waals surface area (Å²) in [6.07, 6.45) is 1.25. The number of hydrogen-bond acceptors (Lipinski definition) is 1. The summed E-state index contributed by atoms with van der Waals surface area (Å²) in [5.41, 5.74) is 0. The van der Waals surface area contributed by atoms with E-state index in [1.807, 2.05) is 0 Å². The van der Waals surface area contributed by atoms with Crippen LogP contribution in [0, 0.1) is 5.92 Å². The van der Waals surface area contributed by atoms with Gasteiger partial charge in [-0.05, 0) is 11.7 Å². The monoisotopic (exact) mass is 104 g/mol. The standard InChI is InChI=1S/C5H12S/c1-3-5(2)4-6/h5-6H,3-4H2,1-2H3/t5-/m0/s1. The molecule has 0 aliphatic heterocycles. The van der Waals surface area contributed by atoms with Gasteiger partial charge >= 0.3 is 0 Å². The van der Waals surface area contributed by atoms with Crippen molar-refractivity contribution in [2.75, 3.05) is 5.75 Å². The minimum absolute atomic E-state index is 0.799. The highest BCUT2D eigenvalue weighted by Gasteiger charge is 1.89. The zero-order valence-electron chi connectivity index (χ0n) is 4.44. The van der Waals surface area contributed by atoms with E-state index >= 15 is 0 Å². The second kappa shape index (κ2) is 3.54. The van der Waals surface area contributed by atoms with Crippen LogP contribution >= 0.6 is 12.6 Å². The summed E-state index contributed by atoms with van der Waals surface area (Å²) < 4.78 is 0. The van der Waals surface area contributed by atoms with Crippen LogP contribution in [0.5, 0.6) is 0 Å². The maximum atomic E-state index is 4.10. The van der Waals surface area contributed by atoms with Gasteiger partial charge in [0.05, 0.1) is 0 Å². The lowest BCUT2D eigenvalue weighted by Crippen LogP contribution is -1.90. The van der Waals surface area contributed by atoms with E-state index in [2.05, 4.69) is 26.5 Å². The zero-order valence-corrected chi connectivity index (χ0v) is 5.33. The van der Waals surface area contributed by atoms with Gasteiger partial charge in [0.2, 0.25) is 0 Å². The van der Waals surface area contributed by atoms with Gasteiger partial charge in [-0.25, -0.2) is 0 Å². The molecule has 0 N–H and O–H groups in total. The van der Waals surface area contributed by atoms with Crippen LogP contribution in [0.25, 0.3) is 0 Å². The molecule has 0 aromatic heterocycles. The molecule has 0 amide bonds. The van der Waals surface area contributed by atoms with Gasteiger partial charge in [0.15, 0.2) is 0 Å². The maximum absolute atomic E-state index is 4.10. The first-order valence-corrected chi connectivity index (χ1v) is 3.05. The van der Waals surface area contributed by atoms with Gasteiger partial charge in [-0.2, -0.15) is 12.6 Å². The van der Waals surface area contributed by atoms with Crippen molar-refractivity contribution in [3.8, 4) is 0 Å². The fourth-order valence-electron chi connectivity index (χ4n) is 0.129. The highest BCUT2D eigenvalue weighted by Crippen LogP contribution is 2.00. The summed E-state index contributed by atoms with van der Waals surface area (Å²) in [4.78, 5) is 0. The van der Waals surface area contributed by atoms with Crippen molar-refractivity contribution in [1.82, 2.24) is 0 Å². The fourth-order valence-corrected chi connectivity index (χ4v) is 0.387. The highest BCUT2D eigenvalue weighted by molar-refractivity contribution is 7.80. The van der Waals surface area contributed by atoms with Gasteiger partial charge in [-0.15, -0.1) is 0 Å². The number of hydrogen-bond donors (Lipinski definition) is 1. The molecule has 0 aliphatic rings. The summed E-state index contributed by atoms with van der Waals surface area (Å²) >= 11 is 4.10. The molecule has 0 nitrogen and oxygen atoms in total. The maximum Gasteiger partial charge on any atom is -0.00722 e. The molecule has 0 heterocycles. The number of rotatable bonds is 2. The normalized spacial score (nSPS) is 14.5. The molecule has 0 saturated heterocycles. The Balaban J connectivity index is 2.75. The van der Waals surface area contributed by atoms with Crippen LogP contribution in [0.15, 0.2) is 0 Å². The molecule has 0 spiro atoms. The van der Waals surface area contributed by atoms with Crippen LogP contribution in [0.2, 0.25) is 0 Å². The first kappa shape index (κ1) is 6.35. The van der Waals surface area contributed by atoms with Crippen molar-refractivity contribution in [1.29, 1.82) is 0 Å². The molecular weight excluding hydrogens is 92.1 g/mol. The van der Waals surface area contributed by atoms with Crippen molar-refractivity contribution in [2.45, 2.75) is 20.3 Å². The topological polar surface area (TPSA) is 0 Å². The third kappa shape index (κ3) is 2.58. The van der Waals surface area contributed by atoms with Crippen LogP contribution < -0.4 is 0 Å². The van der Waals surface area contributed by atoms with Crippen LogP contribution in [0.3, 0.4) is 0 Å². The molecular formula is C5H12S. The van der Waals surface area contributed by atoms with Crippen LogP contribution in [0.1, 0.15) is 20.3 Å². The fraction of sp³-hybridized carbons (Fsp3) is 1.00. The van der Waals surface area contributed by atoms with Gasteiger partial charge < -0.3 is 0 Å². The highest BCUT2D eigenvalue weighted by atomic mass is 32.1. The second-order valence-electron chi connectivity index (χ2n) is 1.70. The Kier molecular flexibility index (Phi) is 3.74. The van der Waals surface area contributed by atoms with Crippen molar-refractivity contribution in [2.24, 2.45) is 5.92 Å². The van der Waals surface area contributed by atoms with E-state index in [-0.39, 0.29) is 0 Å². The van der Waals surface area contributed by atoms with Crippen LogP contribution in [-0.2, 0) is 0 Å². The van der Waals surface area contributed by atoms with E-state index in [4.69, 9.17) is 0 Å². The molecule has 0 radical (unpaired) electrons. The Morgan fingerprint density at radius 1 is 1.67 bits per heavy atom. The number of thiol groups is 1. The van der Waals surface area contributed by atoms with Crippen LogP contribution in [-0.4, -0.2) is 5.75 Å². The summed E-state index contributed by atoms with van der Waals surface area (Å²) in [7, 11) is 0. The lowest BCUT2D eigenvalue weighted by molar-refractivity contribution is 0.638. The average molecular weight is 104 g/mol. The SMILES string of the molecule is CC[C@H](C)CS. The molecule has 0 aliphatic carbocycles. The minimum Gasteiger partial charge on any atom is -0.179 e. The van der Waals surface area contributed by atoms with Crippen LogP contribution in [0.4, 0.5) is 0 Å². The molecule has 1 atom stereocenters. The largest absolute Gasteiger partial charge is 0.179 e. The van der Waals surface area contributed by atoms with Crippen molar-refractivity contribution < 1.29 is 0 Å². The van der Waals surface area contributed by atoms with Gasteiger partial charge in [-0.1, -0.05) is 20.3 Å². The third-order valence-electron chi connectivity index (χ3n) is 1.01. The van der Waals surface area contributed by atoms with E-state index in [0.717, 1.165) is 11.7 Å². The molecule has 0 saturated carbocycles. The molecule has 0 aromatic carbocycles. The Morgan fingerprint density at radius 2 is 2.17 bits per heavy atom. The van der Waals surface area contributed by atoms with E-state index in [9.17, 15) is 0 Å². The predicted molar refractivity (Wildman–Crippen MR) is 33.3 cm³/mol. The van der Waals surface area contributed by atoms with Gasteiger partial charge in [0.1, 0.15) is 0 Å². The summed E-state index contributed by atoms with van der Waals surface area (Å²) in [6.45, 7) is 4.38. The molecule has 0 unspecified atom stereocenters. The van der Waals surface area contributed by atoms with E-state index in [0.29, 0.717) is 0 Å². The summed E-state index contributed by atoms with van der Waals surface area (Å²) in [5.74, 6) is 1.82. The van der Waals surface area contributed by atoms with E-state index in [1.54, 1.807) is 0 Å². The van der Waals surface area contributed by atoms with E-state index in [1.165, 1.54) is 6.42 Å². The first-order valence-electron chi connectivity index (χ1n) is 2.42. The average Bonchev–Trinajstić information content (AvgIpc) is 1.65. The Bertz CT molecular complexity index is 23.1. The second-order valence-corrected chi connectivity index (χ2v) is 2.06. The molecule has 0 bridgehead atoms. The van der Waals surface area contributed by atoms with Gasteiger partial charge in [0.25, 0.3) is 0 Å². The molecule has 38 valence electrons. The molecule has 0 aromatic rings. The molecule has 0 rings (SSSR count). The zero-order chi connectivity index (χ0) is 4.99. The molecule has 1 heteroatoms. The van der Waals surface area contributed by atoms with Gasteiger partial charge in [-0.3, -0.25) is 0 Å². The molecule has 0 fully saturated rings. The Hall–Kier alpha value is 0.350. The Labute approximate surface area is 45.4 Å². The summed E-state index contributed by atoms with van der Waals surface area (Å²) in [5, 5.41) is 0. The van der Waals surface area contributed by atoms with Crippen molar-refractivity contribution >= 4 is 12.6 Å². The van der Waals surface area contributed by atoms with E-state index < -0.39 is 0 Å². The van der Waals surface area contributed by atoms with Gasteiger partial charge in [0, 0.05) is 0 Å². The Morgan fingerprint density at radius 3 is 2.17 bits per heavy atom.